The van der Waals surface area contributed by atoms with Gasteiger partial charge in [0.2, 0.25) is 0 Å². The van der Waals surface area contributed by atoms with Gasteiger partial charge in [0.05, 0.1) is 19.8 Å². The Hall–Kier alpha value is -1.73. The minimum absolute atomic E-state index is 0.165. The lowest BCUT2D eigenvalue weighted by atomic mass is 9.66. The first-order valence-corrected chi connectivity index (χ1v) is 8.03. The minimum Gasteiger partial charge on any atom is -0.493 e. The van der Waals surface area contributed by atoms with Crippen LogP contribution in [0.2, 0.25) is 0 Å². The number of likely N-dealkylation sites (N-methyl/N-ethyl adjacent to an activating group) is 1. The van der Waals surface area contributed by atoms with E-state index < -0.39 is 0 Å². The molecule has 118 valence electrons. The highest BCUT2D eigenvalue weighted by Gasteiger charge is 2.48. The summed E-state index contributed by atoms with van der Waals surface area (Å²) in [6, 6.07) is 6.97. The Morgan fingerprint density at radius 1 is 1.23 bits per heavy atom. The molecule has 0 unspecified atom stereocenters. The molecule has 22 heavy (non-hydrogen) atoms. The molecular formula is C18H24N2O2. The molecule has 2 atom stereocenters. The van der Waals surface area contributed by atoms with Crippen molar-refractivity contribution in [1.29, 1.82) is 5.26 Å². The maximum atomic E-state index is 9.49. The van der Waals surface area contributed by atoms with E-state index in [2.05, 4.69) is 24.1 Å². The SMILES string of the molecule is COc1cc([C@@]23CCCC[C@@H]2N(C)CC3)cc(C#N)c1OC. The number of likely N-dealkylation sites (tertiary alicyclic amines) is 1. The van der Waals surface area contributed by atoms with Gasteiger partial charge in [-0.05, 0) is 50.6 Å². The molecule has 0 aromatic heterocycles. The van der Waals surface area contributed by atoms with Gasteiger partial charge in [-0.1, -0.05) is 12.8 Å². The first-order valence-electron chi connectivity index (χ1n) is 8.03. The van der Waals surface area contributed by atoms with Crippen molar-refractivity contribution in [2.75, 3.05) is 27.8 Å². The van der Waals surface area contributed by atoms with E-state index >= 15 is 0 Å². The third-order valence-corrected chi connectivity index (χ3v) is 5.61. The molecule has 4 heteroatoms. The molecule has 0 amide bonds. The van der Waals surface area contributed by atoms with Gasteiger partial charge in [0.1, 0.15) is 6.07 Å². The summed E-state index contributed by atoms with van der Waals surface area (Å²) < 4.78 is 10.9. The van der Waals surface area contributed by atoms with E-state index in [4.69, 9.17) is 9.47 Å². The Kier molecular flexibility index (Phi) is 4.01. The minimum atomic E-state index is 0.165. The predicted octanol–water partition coefficient (Wildman–Crippen LogP) is 3.09. The van der Waals surface area contributed by atoms with Crippen LogP contribution in [0.4, 0.5) is 0 Å². The molecule has 2 aliphatic rings. The van der Waals surface area contributed by atoms with Crippen LogP contribution in [0, 0.1) is 11.3 Å². The first-order chi connectivity index (χ1) is 10.7. The van der Waals surface area contributed by atoms with E-state index in [1.807, 2.05) is 6.07 Å². The van der Waals surface area contributed by atoms with Crippen molar-refractivity contribution in [3.8, 4) is 17.6 Å². The third-order valence-electron chi connectivity index (χ3n) is 5.61. The van der Waals surface area contributed by atoms with Gasteiger partial charge in [-0.2, -0.15) is 5.26 Å². The maximum absolute atomic E-state index is 9.49. The van der Waals surface area contributed by atoms with Crippen molar-refractivity contribution in [3.63, 3.8) is 0 Å². The van der Waals surface area contributed by atoms with Crippen molar-refractivity contribution >= 4 is 0 Å². The topological polar surface area (TPSA) is 45.5 Å². The average Bonchev–Trinajstić information content (AvgIpc) is 2.92. The van der Waals surface area contributed by atoms with Crippen LogP contribution in [-0.4, -0.2) is 38.8 Å². The lowest BCUT2D eigenvalue weighted by molar-refractivity contribution is 0.181. The largest absolute Gasteiger partial charge is 0.493 e. The van der Waals surface area contributed by atoms with E-state index in [-0.39, 0.29) is 5.41 Å². The van der Waals surface area contributed by atoms with Crippen molar-refractivity contribution in [2.24, 2.45) is 0 Å². The zero-order chi connectivity index (χ0) is 15.7. The molecule has 1 saturated heterocycles. The summed E-state index contributed by atoms with van der Waals surface area (Å²) in [6.07, 6.45) is 6.17. The van der Waals surface area contributed by atoms with Gasteiger partial charge >= 0.3 is 0 Å². The summed E-state index contributed by atoms with van der Waals surface area (Å²) in [5.74, 6) is 1.22. The quantitative estimate of drug-likeness (QED) is 0.860. The summed E-state index contributed by atoms with van der Waals surface area (Å²) in [7, 11) is 5.45. The van der Waals surface area contributed by atoms with Gasteiger partial charge in [0, 0.05) is 11.5 Å². The second-order valence-electron chi connectivity index (χ2n) is 6.52. The molecule has 0 bridgehead atoms. The Labute approximate surface area is 132 Å². The number of rotatable bonds is 3. The summed E-state index contributed by atoms with van der Waals surface area (Å²) >= 11 is 0. The molecule has 2 fully saturated rings. The van der Waals surface area contributed by atoms with Crippen molar-refractivity contribution in [2.45, 2.75) is 43.6 Å². The molecule has 1 saturated carbocycles. The van der Waals surface area contributed by atoms with E-state index in [9.17, 15) is 5.26 Å². The number of ether oxygens (including phenoxy) is 2. The van der Waals surface area contributed by atoms with Crippen LogP contribution in [0.25, 0.3) is 0 Å². The van der Waals surface area contributed by atoms with Crippen LogP contribution >= 0.6 is 0 Å². The Balaban J connectivity index is 2.13. The van der Waals surface area contributed by atoms with Crippen LogP contribution in [0.15, 0.2) is 12.1 Å². The molecule has 1 aromatic carbocycles. The number of hydrogen-bond acceptors (Lipinski definition) is 4. The van der Waals surface area contributed by atoms with Crippen LogP contribution in [-0.2, 0) is 5.41 Å². The first kappa shape index (κ1) is 15.2. The van der Waals surface area contributed by atoms with Crippen LogP contribution in [0.5, 0.6) is 11.5 Å². The molecule has 1 aromatic rings. The molecular weight excluding hydrogens is 276 g/mol. The number of hydrogen-bond donors (Lipinski definition) is 0. The summed E-state index contributed by atoms with van der Waals surface area (Å²) in [5, 5.41) is 9.49. The monoisotopic (exact) mass is 300 g/mol. The van der Waals surface area contributed by atoms with Crippen molar-refractivity contribution < 1.29 is 9.47 Å². The third kappa shape index (κ3) is 2.16. The molecule has 0 N–H and O–H groups in total. The number of nitriles is 1. The lowest BCUT2D eigenvalue weighted by Gasteiger charge is -2.42. The molecule has 1 aliphatic heterocycles. The maximum Gasteiger partial charge on any atom is 0.178 e. The number of methoxy groups -OCH3 is 2. The fraction of sp³-hybridized carbons (Fsp3) is 0.611. The van der Waals surface area contributed by atoms with Gasteiger partial charge in [0.25, 0.3) is 0 Å². The van der Waals surface area contributed by atoms with Crippen LogP contribution < -0.4 is 9.47 Å². The Morgan fingerprint density at radius 3 is 2.73 bits per heavy atom. The highest BCUT2D eigenvalue weighted by molar-refractivity contribution is 5.56. The van der Waals surface area contributed by atoms with E-state index in [0.717, 1.165) is 13.0 Å². The average molecular weight is 300 g/mol. The molecule has 4 nitrogen and oxygen atoms in total. The predicted molar refractivity (Wildman–Crippen MR) is 85.4 cm³/mol. The van der Waals surface area contributed by atoms with Crippen LogP contribution in [0.1, 0.15) is 43.2 Å². The van der Waals surface area contributed by atoms with E-state index in [1.165, 1.54) is 31.2 Å². The standard InChI is InChI=1S/C18H24N2O2/c1-20-9-8-18(7-5-4-6-16(18)20)14-10-13(12-19)17(22-3)15(11-14)21-2/h10-11,16H,4-9H2,1-3H3/t16-,18-/m0/s1. The summed E-state index contributed by atoms with van der Waals surface area (Å²) in [4.78, 5) is 2.49. The highest BCUT2D eigenvalue weighted by Crippen LogP contribution is 2.50. The zero-order valence-electron chi connectivity index (χ0n) is 13.7. The molecule has 1 heterocycles. The molecule has 0 spiro atoms. The Morgan fingerprint density at radius 2 is 2.05 bits per heavy atom. The smallest absolute Gasteiger partial charge is 0.178 e. The van der Waals surface area contributed by atoms with Crippen molar-refractivity contribution in [3.05, 3.63) is 23.3 Å². The second-order valence-corrected chi connectivity index (χ2v) is 6.52. The Bertz CT molecular complexity index is 604. The normalized spacial score (nSPS) is 28.0. The van der Waals surface area contributed by atoms with Gasteiger partial charge < -0.3 is 14.4 Å². The van der Waals surface area contributed by atoms with Crippen LogP contribution in [0.3, 0.4) is 0 Å². The van der Waals surface area contributed by atoms with E-state index in [1.54, 1.807) is 14.2 Å². The fourth-order valence-corrected chi connectivity index (χ4v) is 4.50. The lowest BCUT2D eigenvalue weighted by Crippen LogP contribution is -2.43. The summed E-state index contributed by atoms with van der Waals surface area (Å²) in [6.45, 7) is 1.13. The number of benzene rings is 1. The molecule has 1 aliphatic carbocycles. The highest BCUT2D eigenvalue weighted by atomic mass is 16.5. The van der Waals surface area contributed by atoms with Gasteiger partial charge in [-0.3, -0.25) is 0 Å². The molecule has 0 radical (unpaired) electrons. The second kappa shape index (κ2) is 5.81. The zero-order valence-corrected chi connectivity index (χ0v) is 13.7. The molecule has 3 rings (SSSR count). The van der Waals surface area contributed by atoms with Gasteiger partial charge in [-0.15, -0.1) is 0 Å². The fourth-order valence-electron chi connectivity index (χ4n) is 4.50. The van der Waals surface area contributed by atoms with Gasteiger partial charge in [0.15, 0.2) is 11.5 Å². The number of fused-ring (bicyclic) bond motifs is 1. The number of nitrogens with zero attached hydrogens (tertiary/aromatic N) is 2. The summed E-state index contributed by atoms with van der Waals surface area (Å²) in [5.41, 5.74) is 1.99. The van der Waals surface area contributed by atoms with E-state index in [0.29, 0.717) is 23.1 Å². The van der Waals surface area contributed by atoms with Gasteiger partial charge in [-0.25, -0.2) is 0 Å². The van der Waals surface area contributed by atoms with Crippen molar-refractivity contribution in [1.82, 2.24) is 4.90 Å².